The third-order valence-corrected chi connectivity index (χ3v) is 4.68. The van der Waals surface area contributed by atoms with Gasteiger partial charge in [0.05, 0.1) is 6.61 Å². The second-order valence-corrected chi connectivity index (χ2v) is 6.99. The number of aromatic nitrogens is 3. The van der Waals surface area contributed by atoms with Crippen LogP contribution < -0.4 is 10.1 Å². The molecule has 0 fully saturated rings. The van der Waals surface area contributed by atoms with Gasteiger partial charge in [0.1, 0.15) is 0 Å². The molecule has 0 atom stereocenters. The number of hydrogen-bond acceptors (Lipinski definition) is 4. The van der Waals surface area contributed by atoms with Crippen molar-refractivity contribution < 1.29 is 13.9 Å². The number of rotatable bonds is 9. The molecule has 3 rings (SSSR count). The predicted molar refractivity (Wildman–Crippen MR) is 112 cm³/mol. The topological polar surface area (TPSA) is 71.9 Å². The maximum Gasteiger partial charge on any atom is 0.221 e. The van der Waals surface area contributed by atoms with Crippen molar-refractivity contribution in [3.8, 4) is 17.1 Å². The van der Waals surface area contributed by atoms with Crippen molar-refractivity contribution in [2.75, 3.05) is 13.2 Å². The number of aromatic amines is 1. The number of halogens is 1. The van der Waals surface area contributed by atoms with Crippen molar-refractivity contribution in [1.82, 2.24) is 20.1 Å². The molecule has 0 radical (unpaired) electrons. The Morgan fingerprint density at radius 3 is 2.76 bits per heavy atom. The Labute approximate surface area is 173 Å². The van der Waals surface area contributed by atoms with Gasteiger partial charge in [-0.1, -0.05) is 42.0 Å². The van der Waals surface area contributed by atoms with E-state index in [2.05, 4.69) is 15.5 Å². The lowest BCUT2D eigenvalue weighted by molar-refractivity contribution is -0.121. The van der Waals surface area contributed by atoms with Crippen molar-refractivity contribution >= 4 is 18.1 Å². The molecule has 0 bridgehead atoms. The summed E-state index contributed by atoms with van der Waals surface area (Å²) in [6.07, 6.45) is 0.862. The van der Waals surface area contributed by atoms with Crippen molar-refractivity contribution in [3.05, 3.63) is 64.7 Å². The molecule has 29 heavy (non-hydrogen) atoms. The van der Waals surface area contributed by atoms with E-state index in [4.69, 9.17) is 17.0 Å². The van der Waals surface area contributed by atoms with Gasteiger partial charge in [0, 0.05) is 25.1 Å². The average molecular weight is 415 g/mol. The number of amides is 1. The summed E-state index contributed by atoms with van der Waals surface area (Å²) in [4.78, 5) is 12.1. The third-order valence-electron chi connectivity index (χ3n) is 4.37. The number of ether oxygens (including phenoxy) is 1. The van der Waals surface area contributed by atoms with Crippen LogP contribution in [0, 0.1) is 17.5 Å². The number of nitrogens with one attached hydrogen (secondary N) is 2. The van der Waals surface area contributed by atoms with E-state index in [1.54, 1.807) is 18.2 Å². The maximum absolute atomic E-state index is 13.5. The Hall–Kier alpha value is -3.00. The number of benzene rings is 2. The van der Waals surface area contributed by atoms with Gasteiger partial charge in [0.15, 0.2) is 22.2 Å². The van der Waals surface area contributed by atoms with E-state index in [9.17, 15) is 9.18 Å². The molecule has 0 aliphatic rings. The summed E-state index contributed by atoms with van der Waals surface area (Å²) in [5, 5.41) is 9.92. The van der Waals surface area contributed by atoms with E-state index in [0.717, 1.165) is 11.1 Å². The van der Waals surface area contributed by atoms with Crippen LogP contribution >= 0.6 is 12.2 Å². The van der Waals surface area contributed by atoms with Gasteiger partial charge in [-0.3, -0.25) is 14.5 Å². The molecule has 0 saturated carbocycles. The Morgan fingerprint density at radius 2 is 2.00 bits per heavy atom. The summed E-state index contributed by atoms with van der Waals surface area (Å²) in [5.74, 6) is 0.449. The minimum atomic E-state index is -0.391. The van der Waals surface area contributed by atoms with Crippen LogP contribution in [0.1, 0.15) is 18.4 Å². The molecule has 152 valence electrons. The Morgan fingerprint density at radius 1 is 1.24 bits per heavy atom. The zero-order valence-corrected chi connectivity index (χ0v) is 17.0. The van der Waals surface area contributed by atoms with Gasteiger partial charge in [0.2, 0.25) is 5.91 Å². The van der Waals surface area contributed by atoms with Crippen LogP contribution in [0.4, 0.5) is 4.39 Å². The third kappa shape index (κ3) is 5.74. The van der Waals surface area contributed by atoms with Crippen molar-refractivity contribution in [1.29, 1.82) is 0 Å². The fourth-order valence-electron chi connectivity index (χ4n) is 2.79. The summed E-state index contributed by atoms with van der Waals surface area (Å²) < 4.78 is 21.1. The van der Waals surface area contributed by atoms with Crippen LogP contribution in [0.2, 0.25) is 0 Å². The molecule has 0 spiro atoms. The van der Waals surface area contributed by atoms with Crippen LogP contribution in [-0.2, 0) is 11.3 Å². The highest BCUT2D eigenvalue weighted by atomic mass is 32.1. The predicted octanol–water partition coefficient (Wildman–Crippen LogP) is 4.03. The first kappa shape index (κ1) is 20.7. The molecule has 2 aromatic carbocycles. The number of H-pyrrole nitrogens is 1. The number of aryl methyl sites for hydroxylation is 1. The summed E-state index contributed by atoms with van der Waals surface area (Å²) in [6.45, 7) is 3.23. The molecule has 2 N–H and O–H groups in total. The lowest BCUT2D eigenvalue weighted by Crippen LogP contribution is -2.26. The second kappa shape index (κ2) is 9.97. The number of para-hydroxylation sites is 1. The van der Waals surface area contributed by atoms with Gasteiger partial charge in [-0.05, 0) is 37.7 Å². The first-order valence-corrected chi connectivity index (χ1v) is 9.81. The minimum Gasteiger partial charge on any atom is -0.490 e. The molecule has 0 unspecified atom stereocenters. The van der Waals surface area contributed by atoms with Gasteiger partial charge in [-0.25, -0.2) is 4.39 Å². The highest BCUT2D eigenvalue weighted by Crippen LogP contribution is 2.18. The molecular weight excluding hydrogens is 391 g/mol. The van der Waals surface area contributed by atoms with E-state index in [-0.39, 0.29) is 18.1 Å². The molecule has 1 heterocycles. The maximum atomic E-state index is 13.5. The molecule has 8 heteroatoms. The first-order valence-electron chi connectivity index (χ1n) is 9.41. The quantitative estimate of drug-likeness (QED) is 0.410. The number of carbonyl (C=O) groups excluding carboxylic acids is 1. The summed E-state index contributed by atoms with van der Waals surface area (Å²) in [7, 11) is 0. The van der Waals surface area contributed by atoms with Gasteiger partial charge >= 0.3 is 0 Å². The molecule has 0 saturated heterocycles. The van der Waals surface area contributed by atoms with Gasteiger partial charge < -0.3 is 10.1 Å². The van der Waals surface area contributed by atoms with Crippen LogP contribution in [-0.4, -0.2) is 33.8 Å². The lowest BCUT2D eigenvalue weighted by atomic mass is 10.1. The van der Waals surface area contributed by atoms with Crippen LogP contribution in [0.25, 0.3) is 11.4 Å². The molecule has 6 nitrogen and oxygen atoms in total. The normalized spacial score (nSPS) is 10.7. The molecule has 1 amide bonds. The summed E-state index contributed by atoms with van der Waals surface area (Å²) in [6, 6.07) is 14.2. The van der Waals surface area contributed by atoms with Crippen molar-refractivity contribution in [2.24, 2.45) is 0 Å². The highest BCUT2D eigenvalue weighted by Gasteiger charge is 2.10. The van der Waals surface area contributed by atoms with E-state index in [0.29, 0.717) is 36.7 Å². The van der Waals surface area contributed by atoms with E-state index in [1.165, 1.54) is 6.07 Å². The fourth-order valence-corrected chi connectivity index (χ4v) is 3.02. The fraction of sp³-hybridized carbons (Fsp3) is 0.286. The number of hydrogen-bond donors (Lipinski definition) is 2. The standard InChI is InChI=1S/C21H23FN4O2S/c1-15-7-9-16(10-8-15)20-24-25-21(29)26(20)13-11-19(27)23-12-4-14-28-18-6-3-2-5-17(18)22/h2-3,5-10H,4,11-14H2,1H3,(H,23,27)(H,25,29). The highest BCUT2D eigenvalue weighted by molar-refractivity contribution is 7.71. The Balaban J connectivity index is 1.44. The van der Waals surface area contributed by atoms with Crippen molar-refractivity contribution in [3.63, 3.8) is 0 Å². The Bertz CT molecular complexity index is 1010. The van der Waals surface area contributed by atoms with Crippen LogP contribution in [0.15, 0.2) is 48.5 Å². The molecule has 1 aromatic heterocycles. The van der Waals surface area contributed by atoms with E-state index >= 15 is 0 Å². The zero-order valence-electron chi connectivity index (χ0n) is 16.2. The van der Waals surface area contributed by atoms with Crippen LogP contribution in [0.3, 0.4) is 0 Å². The summed E-state index contributed by atoms with van der Waals surface area (Å²) >= 11 is 5.30. The van der Waals surface area contributed by atoms with Gasteiger partial charge in [0.25, 0.3) is 0 Å². The first-order chi connectivity index (χ1) is 14.0. The molecule has 0 aliphatic heterocycles. The van der Waals surface area contributed by atoms with E-state index < -0.39 is 5.82 Å². The molecule has 0 aliphatic carbocycles. The van der Waals surface area contributed by atoms with Crippen LogP contribution in [0.5, 0.6) is 5.75 Å². The number of nitrogens with zero attached hydrogens (tertiary/aromatic N) is 2. The molecule has 3 aromatic rings. The zero-order chi connectivity index (χ0) is 20.6. The smallest absolute Gasteiger partial charge is 0.221 e. The van der Waals surface area contributed by atoms with Gasteiger partial charge in [-0.2, -0.15) is 5.10 Å². The Kier molecular flexibility index (Phi) is 7.13. The number of carbonyl (C=O) groups is 1. The van der Waals surface area contributed by atoms with Crippen molar-refractivity contribution in [2.45, 2.75) is 26.3 Å². The summed E-state index contributed by atoms with van der Waals surface area (Å²) in [5.41, 5.74) is 2.10. The second-order valence-electron chi connectivity index (χ2n) is 6.60. The van der Waals surface area contributed by atoms with E-state index in [1.807, 2.05) is 35.8 Å². The lowest BCUT2D eigenvalue weighted by Gasteiger charge is -2.09. The van der Waals surface area contributed by atoms with Gasteiger partial charge in [-0.15, -0.1) is 0 Å². The average Bonchev–Trinajstić information content (AvgIpc) is 3.08. The SMILES string of the molecule is Cc1ccc(-c2n[nH]c(=S)n2CCC(=O)NCCCOc2ccccc2F)cc1. The minimum absolute atomic E-state index is 0.0890. The largest absolute Gasteiger partial charge is 0.490 e. The molecular formula is C21H23FN4O2S. The monoisotopic (exact) mass is 414 g/mol.